The molecule has 94 valence electrons. The lowest BCUT2D eigenvalue weighted by molar-refractivity contribution is -0.130. The van der Waals surface area contributed by atoms with Crippen LogP contribution in [0.15, 0.2) is 18.3 Å². The first kappa shape index (κ1) is 11.2. The van der Waals surface area contributed by atoms with Gasteiger partial charge in [-0.15, -0.1) is 0 Å². The zero-order chi connectivity index (χ0) is 12.7. The first-order chi connectivity index (χ1) is 8.68. The fourth-order valence-electron chi connectivity index (χ4n) is 2.73. The van der Waals surface area contributed by atoms with Gasteiger partial charge in [-0.1, -0.05) is 0 Å². The summed E-state index contributed by atoms with van der Waals surface area (Å²) in [6, 6.07) is 3.28. The van der Waals surface area contributed by atoms with Crippen molar-refractivity contribution < 1.29 is 14.3 Å². The second kappa shape index (κ2) is 4.08. The first-order valence-electron chi connectivity index (χ1n) is 6.12. The maximum absolute atomic E-state index is 11.9. The van der Waals surface area contributed by atoms with Crippen LogP contribution in [0.3, 0.4) is 0 Å². The molecule has 0 aromatic carbocycles. The van der Waals surface area contributed by atoms with Gasteiger partial charge >= 0.3 is 0 Å². The Hall–Kier alpha value is -1.91. The number of anilines is 1. The number of Topliss-reactive ketones (excluding diaryl/α,β-unsaturated/α-hetero) is 1. The second-order valence-corrected chi connectivity index (χ2v) is 4.68. The number of ether oxygens (including phenoxy) is 1. The van der Waals surface area contributed by atoms with Crippen LogP contribution in [0, 0.1) is 0 Å². The fraction of sp³-hybridized carbons (Fsp3) is 0.462. The Balaban J connectivity index is 2.09. The van der Waals surface area contributed by atoms with E-state index in [1.54, 1.807) is 23.2 Å². The third-order valence-corrected chi connectivity index (χ3v) is 3.49. The Bertz CT molecular complexity index is 515. The molecule has 2 unspecified atom stereocenters. The molecular weight excluding hydrogens is 232 g/mol. The zero-order valence-electron chi connectivity index (χ0n) is 10.1. The molecule has 0 N–H and O–H groups in total. The molecule has 5 heteroatoms. The highest BCUT2D eigenvalue weighted by Crippen LogP contribution is 2.38. The predicted octanol–water partition coefficient (Wildman–Crippen LogP) is 1.32. The van der Waals surface area contributed by atoms with Gasteiger partial charge < -0.3 is 4.74 Å². The van der Waals surface area contributed by atoms with Gasteiger partial charge in [0.1, 0.15) is 0 Å². The Morgan fingerprint density at radius 1 is 1.56 bits per heavy atom. The summed E-state index contributed by atoms with van der Waals surface area (Å²) in [6.45, 7) is 1.50. The summed E-state index contributed by atoms with van der Waals surface area (Å²) in [4.78, 5) is 29.6. The van der Waals surface area contributed by atoms with E-state index in [0.717, 1.165) is 12.8 Å². The van der Waals surface area contributed by atoms with Gasteiger partial charge in [0.15, 0.2) is 23.5 Å². The van der Waals surface area contributed by atoms with Crippen molar-refractivity contribution in [2.75, 3.05) is 4.90 Å². The number of amides is 1. The molecule has 2 heterocycles. The maximum atomic E-state index is 11.9. The van der Waals surface area contributed by atoms with Crippen LogP contribution in [-0.2, 0) is 9.59 Å². The summed E-state index contributed by atoms with van der Waals surface area (Å²) in [7, 11) is 0. The highest BCUT2D eigenvalue weighted by Gasteiger charge is 2.44. The van der Waals surface area contributed by atoms with E-state index in [0.29, 0.717) is 18.0 Å². The smallest absolute Gasteiger partial charge is 0.225 e. The molecule has 0 bridgehead atoms. The molecule has 1 aromatic heterocycles. The summed E-state index contributed by atoms with van der Waals surface area (Å²) < 4.78 is 5.72. The van der Waals surface area contributed by atoms with Crippen LogP contribution in [-0.4, -0.2) is 28.8 Å². The van der Waals surface area contributed by atoms with Crippen molar-refractivity contribution in [2.45, 2.75) is 38.3 Å². The van der Waals surface area contributed by atoms with Crippen LogP contribution < -0.4 is 9.64 Å². The minimum atomic E-state index is -0.528. The van der Waals surface area contributed by atoms with Gasteiger partial charge in [-0.25, -0.2) is 4.98 Å². The minimum absolute atomic E-state index is 0.0759. The van der Waals surface area contributed by atoms with Crippen molar-refractivity contribution in [1.82, 2.24) is 4.98 Å². The minimum Gasteiger partial charge on any atom is -0.477 e. The predicted molar refractivity (Wildman–Crippen MR) is 64.5 cm³/mol. The average Bonchev–Trinajstić information content (AvgIpc) is 2.36. The quantitative estimate of drug-likeness (QED) is 0.692. The molecule has 0 saturated heterocycles. The monoisotopic (exact) mass is 246 g/mol. The molecular formula is C13H14N2O3. The van der Waals surface area contributed by atoms with Gasteiger partial charge in [0, 0.05) is 19.5 Å². The van der Waals surface area contributed by atoms with Crippen molar-refractivity contribution >= 4 is 17.5 Å². The van der Waals surface area contributed by atoms with Gasteiger partial charge in [0.25, 0.3) is 0 Å². The average molecular weight is 246 g/mol. The lowest BCUT2D eigenvalue weighted by atomic mass is 9.89. The van der Waals surface area contributed by atoms with E-state index in [9.17, 15) is 9.59 Å². The standard InChI is InChI=1S/C13H14N2O3/c1-8(16)15-9-4-2-5-10(17)12(9)18-11-6-3-7-14-13(11)15/h3,6-7,9,12H,2,4-5H2,1H3. The number of ketones is 1. The number of aromatic nitrogens is 1. The molecule has 1 aliphatic carbocycles. The summed E-state index contributed by atoms with van der Waals surface area (Å²) in [5.74, 6) is 1.03. The van der Waals surface area contributed by atoms with Crippen LogP contribution in [0.25, 0.3) is 0 Å². The number of hydrogen-bond acceptors (Lipinski definition) is 4. The molecule has 5 nitrogen and oxygen atoms in total. The number of fused-ring (bicyclic) bond motifs is 2. The van der Waals surface area contributed by atoms with Gasteiger partial charge in [0.2, 0.25) is 5.91 Å². The molecule has 3 rings (SSSR count). The summed E-state index contributed by atoms with van der Waals surface area (Å²) in [6.07, 6.45) is 3.21. The third-order valence-electron chi connectivity index (χ3n) is 3.49. The van der Waals surface area contributed by atoms with Crippen molar-refractivity contribution in [3.63, 3.8) is 0 Å². The van der Waals surface area contributed by atoms with Gasteiger partial charge in [-0.05, 0) is 25.0 Å². The van der Waals surface area contributed by atoms with E-state index >= 15 is 0 Å². The normalized spacial score (nSPS) is 26.1. The van der Waals surface area contributed by atoms with Crippen LogP contribution in [0.5, 0.6) is 5.75 Å². The van der Waals surface area contributed by atoms with Crippen LogP contribution >= 0.6 is 0 Å². The van der Waals surface area contributed by atoms with Crippen molar-refractivity contribution in [2.24, 2.45) is 0 Å². The van der Waals surface area contributed by atoms with Crippen molar-refractivity contribution in [3.8, 4) is 5.75 Å². The van der Waals surface area contributed by atoms with Gasteiger partial charge in [-0.2, -0.15) is 0 Å². The molecule has 0 spiro atoms. The molecule has 1 fully saturated rings. The third kappa shape index (κ3) is 1.58. The van der Waals surface area contributed by atoms with Gasteiger partial charge in [-0.3, -0.25) is 14.5 Å². The Labute approximate surface area is 105 Å². The number of nitrogens with zero attached hydrogens (tertiary/aromatic N) is 2. The highest BCUT2D eigenvalue weighted by atomic mass is 16.5. The topological polar surface area (TPSA) is 59.5 Å². The lowest BCUT2D eigenvalue weighted by Gasteiger charge is -2.42. The molecule has 1 amide bonds. The van der Waals surface area contributed by atoms with E-state index in [1.165, 1.54) is 6.92 Å². The van der Waals surface area contributed by atoms with Crippen LogP contribution in [0.4, 0.5) is 5.82 Å². The maximum Gasteiger partial charge on any atom is 0.225 e. The molecule has 2 atom stereocenters. The summed E-state index contributed by atoms with van der Waals surface area (Å²) in [5.41, 5.74) is 0. The Morgan fingerprint density at radius 3 is 3.17 bits per heavy atom. The highest BCUT2D eigenvalue weighted by molar-refractivity contribution is 5.96. The largest absolute Gasteiger partial charge is 0.477 e. The van der Waals surface area contributed by atoms with Crippen LogP contribution in [0.1, 0.15) is 26.2 Å². The summed E-state index contributed by atoms with van der Waals surface area (Å²) in [5, 5.41) is 0. The van der Waals surface area contributed by atoms with Crippen molar-refractivity contribution in [1.29, 1.82) is 0 Å². The molecule has 1 saturated carbocycles. The molecule has 18 heavy (non-hydrogen) atoms. The molecule has 0 radical (unpaired) electrons. The molecule has 1 aliphatic heterocycles. The number of pyridine rings is 1. The molecule has 2 aliphatic rings. The second-order valence-electron chi connectivity index (χ2n) is 4.68. The number of rotatable bonds is 0. The zero-order valence-corrected chi connectivity index (χ0v) is 10.1. The molecule has 1 aromatic rings. The van der Waals surface area contributed by atoms with E-state index < -0.39 is 6.10 Å². The van der Waals surface area contributed by atoms with Crippen LogP contribution in [0.2, 0.25) is 0 Å². The number of hydrogen-bond donors (Lipinski definition) is 0. The Morgan fingerprint density at radius 2 is 2.39 bits per heavy atom. The van der Waals surface area contributed by atoms with E-state index in [-0.39, 0.29) is 17.7 Å². The lowest BCUT2D eigenvalue weighted by Crippen LogP contribution is -2.57. The fourth-order valence-corrected chi connectivity index (χ4v) is 2.73. The van der Waals surface area contributed by atoms with E-state index in [2.05, 4.69) is 4.98 Å². The van der Waals surface area contributed by atoms with E-state index in [4.69, 9.17) is 4.74 Å². The summed E-state index contributed by atoms with van der Waals surface area (Å²) >= 11 is 0. The van der Waals surface area contributed by atoms with Gasteiger partial charge in [0.05, 0.1) is 6.04 Å². The first-order valence-corrected chi connectivity index (χ1v) is 6.12. The van der Waals surface area contributed by atoms with E-state index in [1.807, 2.05) is 0 Å². The Kier molecular flexibility index (Phi) is 2.54. The number of carbonyl (C=O) groups is 2. The number of carbonyl (C=O) groups excluding carboxylic acids is 2. The SMILES string of the molecule is CC(=O)N1c2ncccc2OC2C(=O)CCCC21. The van der Waals surface area contributed by atoms with Crippen molar-refractivity contribution in [3.05, 3.63) is 18.3 Å².